The van der Waals surface area contributed by atoms with Gasteiger partial charge < -0.3 is 9.73 Å². The van der Waals surface area contributed by atoms with Gasteiger partial charge in [-0.05, 0) is 41.4 Å². The first-order chi connectivity index (χ1) is 7.72. The summed E-state index contributed by atoms with van der Waals surface area (Å²) in [6, 6.07) is 1.90. The van der Waals surface area contributed by atoms with Crippen LogP contribution in [0.25, 0.3) is 11.6 Å². The third kappa shape index (κ3) is 2.09. The van der Waals surface area contributed by atoms with Crippen LogP contribution >= 0.6 is 15.9 Å². The van der Waals surface area contributed by atoms with E-state index in [0.29, 0.717) is 11.6 Å². The van der Waals surface area contributed by atoms with E-state index in [4.69, 9.17) is 4.42 Å². The van der Waals surface area contributed by atoms with Crippen LogP contribution < -0.4 is 5.32 Å². The Labute approximate surface area is 102 Å². The molecule has 0 aliphatic heterocycles. The molecule has 0 spiro atoms. The lowest BCUT2D eigenvalue weighted by atomic mass is 10.3. The zero-order valence-corrected chi connectivity index (χ0v) is 10.7. The zero-order chi connectivity index (χ0) is 11.5. The average molecular weight is 282 g/mol. The van der Waals surface area contributed by atoms with Crippen LogP contribution in [0.15, 0.2) is 27.4 Å². The molecule has 2 aromatic heterocycles. The molecule has 0 aliphatic rings. The Morgan fingerprint density at radius 3 is 2.94 bits per heavy atom. The molecule has 0 unspecified atom stereocenters. The van der Waals surface area contributed by atoms with Gasteiger partial charge >= 0.3 is 0 Å². The lowest BCUT2D eigenvalue weighted by Gasteiger charge is -2.06. The molecule has 0 saturated heterocycles. The Morgan fingerprint density at radius 1 is 1.50 bits per heavy atom. The molecule has 0 radical (unpaired) electrons. The number of furan rings is 1. The Balaban J connectivity index is 2.43. The Bertz CT molecular complexity index is 496. The summed E-state index contributed by atoms with van der Waals surface area (Å²) in [5.41, 5.74) is 1.03. The summed E-state index contributed by atoms with van der Waals surface area (Å²) in [5.74, 6) is 2.09. The van der Waals surface area contributed by atoms with Crippen molar-refractivity contribution < 1.29 is 4.42 Å². The summed E-state index contributed by atoms with van der Waals surface area (Å²) < 4.78 is 6.20. The van der Waals surface area contributed by atoms with Crippen LogP contribution in [0, 0.1) is 6.92 Å². The highest BCUT2D eigenvalue weighted by molar-refractivity contribution is 9.10. The fourth-order valence-corrected chi connectivity index (χ4v) is 1.70. The van der Waals surface area contributed by atoms with Crippen molar-refractivity contribution in [2.24, 2.45) is 0 Å². The highest BCUT2D eigenvalue weighted by Gasteiger charge is 2.11. The molecule has 0 atom stereocenters. The van der Waals surface area contributed by atoms with Crippen LogP contribution in [0.1, 0.15) is 12.5 Å². The summed E-state index contributed by atoms with van der Waals surface area (Å²) in [7, 11) is 0. The van der Waals surface area contributed by atoms with Gasteiger partial charge in [-0.15, -0.1) is 0 Å². The van der Waals surface area contributed by atoms with Gasteiger partial charge in [0.15, 0.2) is 11.6 Å². The van der Waals surface area contributed by atoms with E-state index in [1.54, 1.807) is 12.5 Å². The molecule has 2 aromatic rings. The topological polar surface area (TPSA) is 51.0 Å². The van der Waals surface area contributed by atoms with E-state index in [-0.39, 0.29) is 0 Å². The van der Waals surface area contributed by atoms with E-state index in [0.717, 1.165) is 22.4 Å². The molecule has 0 fully saturated rings. The lowest BCUT2D eigenvalue weighted by Crippen LogP contribution is -2.02. The van der Waals surface area contributed by atoms with E-state index in [2.05, 4.69) is 31.2 Å². The monoisotopic (exact) mass is 281 g/mol. The number of halogens is 1. The van der Waals surface area contributed by atoms with E-state index < -0.39 is 0 Å². The standard InChI is InChI=1S/C11H12BrN3O/c1-3-13-10-8(12)6-14-11(15-10)9-7(2)4-5-16-9/h4-6H,3H2,1-2H3,(H,13,14,15). The second-order valence-corrected chi connectivity index (χ2v) is 4.21. The van der Waals surface area contributed by atoms with E-state index in [1.807, 2.05) is 19.9 Å². The van der Waals surface area contributed by atoms with E-state index in [1.165, 1.54) is 0 Å². The molecule has 2 rings (SSSR count). The predicted molar refractivity (Wildman–Crippen MR) is 66.3 cm³/mol. The highest BCUT2D eigenvalue weighted by Crippen LogP contribution is 2.25. The van der Waals surface area contributed by atoms with Crippen molar-refractivity contribution in [2.75, 3.05) is 11.9 Å². The number of nitrogens with one attached hydrogen (secondary N) is 1. The summed E-state index contributed by atoms with van der Waals surface area (Å²) >= 11 is 3.40. The molecule has 2 heterocycles. The number of rotatable bonds is 3. The van der Waals surface area contributed by atoms with Crippen LogP contribution in [0.3, 0.4) is 0 Å². The van der Waals surface area contributed by atoms with Gasteiger partial charge in [-0.25, -0.2) is 9.97 Å². The first-order valence-electron chi connectivity index (χ1n) is 5.03. The van der Waals surface area contributed by atoms with Gasteiger partial charge in [0.25, 0.3) is 0 Å². The van der Waals surface area contributed by atoms with Crippen LogP contribution in [0.5, 0.6) is 0 Å². The number of hydrogen-bond donors (Lipinski definition) is 1. The van der Waals surface area contributed by atoms with Crippen molar-refractivity contribution in [3.8, 4) is 11.6 Å². The molecular formula is C11H12BrN3O. The number of nitrogens with zero attached hydrogens (tertiary/aromatic N) is 2. The minimum Gasteiger partial charge on any atom is -0.461 e. The molecule has 84 valence electrons. The fourth-order valence-electron chi connectivity index (χ4n) is 1.37. The summed E-state index contributed by atoms with van der Waals surface area (Å²) in [6.45, 7) is 4.80. The third-order valence-corrected chi connectivity index (χ3v) is 2.73. The van der Waals surface area contributed by atoms with Gasteiger partial charge in [0.05, 0.1) is 10.7 Å². The molecule has 0 bridgehead atoms. The van der Waals surface area contributed by atoms with Gasteiger partial charge in [-0.2, -0.15) is 0 Å². The van der Waals surface area contributed by atoms with Gasteiger partial charge in [0, 0.05) is 12.7 Å². The minimum atomic E-state index is 0.599. The average Bonchev–Trinajstić information content (AvgIpc) is 2.68. The van der Waals surface area contributed by atoms with Crippen molar-refractivity contribution in [3.63, 3.8) is 0 Å². The van der Waals surface area contributed by atoms with Crippen LogP contribution in [-0.2, 0) is 0 Å². The predicted octanol–water partition coefficient (Wildman–Crippen LogP) is 3.24. The minimum absolute atomic E-state index is 0.599. The largest absolute Gasteiger partial charge is 0.461 e. The number of anilines is 1. The number of hydrogen-bond acceptors (Lipinski definition) is 4. The van der Waals surface area contributed by atoms with Crippen molar-refractivity contribution in [2.45, 2.75) is 13.8 Å². The van der Waals surface area contributed by atoms with Gasteiger partial charge in [0.1, 0.15) is 5.82 Å². The Hall–Kier alpha value is -1.36. The number of aryl methyl sites for hydroxylation is 1. The fraction of sp³-hybridized carbons (Fsp3) is 0.273. The smallest absolute Gasteiger partial charge is 0.197 e. The first kappa shape index (κ1) is 11.1. The molecule has 16 heavy (non-hydrogen) atoms. The maximum atomic E-state index is 5.36. The SMILES string of the molecule is CCNc1nc(-c2occc2C)ncc1Br. The molecule has 0 aromatic carbocycles. The van der Waals surface area contributed by atoms with Gasteiger partial charge in [0.2, 0.25) is 0 Å². The second kappa shape index (κ2) is 4.65. The van der Waals surface area contributed by atoms with Crippen LogP contribution in [0.4, 0.5) is 5.82 Å². The van der Waals surface area contributed by atoms with Crippen molar-refractivity contribution in [1.29, 1.82) is 0 Å². The van der Waals surface area contributed by atoms with Gasteiger partial charge in [-0.3, -0.25) is 0 Å². The molecule has 5 heteroatoms. The Kier molecular flexibility index (Phi) is 3.24. The molecule has 0 amide bonds. The van der Waals surface area contributed by atoms with E-state index >= 15 is 0 Å². The normalized spacial score (nSPS) is 10.4. The van der Waals surface area contributed by atoms with Crippen molar-refractivity contribution in [3.05, 3.63) is 28.6 Å². The maximum absolute atomic E-state index is 5.36. The van der Waals surface area contributed by atoms with Crippen molar-refractivity contribution in [1.82, 2.24) is 9.97 Å². The molecule has 1 N–H and O–H groups in total. The van der Waals surface area contributed by atoms with Crippen molar-refractivity contribution >= 4 is 21.7 Å². The second-order valence-electron chi connectivity index (χ2n) is 3.35. The summed E-state index contributed by atoms with van der Waals surface area (Å²) in [4.78, 5) is 8.64. The van der Waals surface area contributed by atoms with Crippen LogP contribution in [-0.4, -0.2) is 16.5 Å². The maximum Gasteiger partial charge on any atom is 0.197 e. The van der Waals surface area contributed by atoms with E-state index in [9.17, 15) is 0 Å². The van der Waals surface area contributed by atoms with Gasteiger partial charge in [-0.1, -0.05) is 0 Å². The lowest BCUT2D eigenvalue weighted by molar-refractivity contribution is 0.575. The Morgan fingerprint density at radius 2 is 2.31 bits per heavy atom. The number of aromatic nitrogens is 2. The molecule has 4 nitrogen and oxygen atoms in total. The zero-order valence-electron chi connectivity index (χ0n) is 9.12. The summed E-state index contributed by atoms with van der Waals surface area (Å²) in [6.07, 6.45) is 3.37. The summed E-state index contributed by atoms with van der Waals surface area (Å²) in [5, 5.41) is 3.16. The molecule has 0 saturated carbocycles. The quantitative estimate of drug-likeness (QED) is 0.939. The highest BCUT2D eigenvalue weighted by atomic mass is 79.9. The molecule has 0 aliphatic carbocycles. The third-order valence-electron chi connectivity index (χ3n) is 2.15. The molecular weight excluding hydrogens is 270 g/mol. The van der Waals surface area contributed by atoms with Crippen LogP contribution in [0.2, 0.25) is 0 Å². The first-order valence-corrected chi connectivity index (χ1v) is 5.82.